The molecule has 1 saturated heterocycles. The van der Waals surface area contributed by atoms with Crippen LogP contribution in [0.25, 0.3) is 0 Å². The van der Waals surface area contributed by atoms with Gasteiger partial charge in [-0.2, -0.15) is 0 Å². The second-order valence-electron chi connectivity index (χ2n) is 6.59. The summed E-state index contributed by atoms with van der Waals surface area (Å²) in [7, 11) is 1.29. The van der Waals surface area contributed by atoms with Crippen molar-refractivity contribution in [1.29, 1.82) is 0 Å². The fraction of sp³-hybridized carbons (Fsp3) is 0.500. The number of β-amino-alcohol motifs (C(OH)–C–C–N with tert-alkyl or cyclic N) is 1. The van der Waals surface area contributed by atoms with Crippen molar-refractivity contribution in [3.8, 4) is 0 Å². The predicted octanol–water partition coefficient (Wildman–Crippen LogP) is 1.64. The molecule has 8 heteroatoms. The van der Waals surface area contributed by atoms with Gasteiger partial charge in [-0.3, -0.25) is 9.69 Å². The Labute approximate surface area is 152 Å². The second kappa shape index (κ2) is 8.66. The van der Waals surface area contributed by atoms with Crippen molar-refractivity contribution in [2.24, 2.45) is 5.92 Å². The number of hydrogen-bond acceptors (Lipinski definition) is 6. The number of nitrogens with one attached hydrogen (secondary N) is 1. The highest BCUT2D eigenvalue weighted by molar-refractivity contribution is 5.97. The maximum atomic E-state index is 12.5. The summed E-state index contributed by atoms with van der Waals surface area (Å²) in [6.45, 7) is 4.12. The average molecular weight is 364 g/mol. The molecule has 0 aromatic heterocycles. The molecule has 8 nitrogen and oxygen atoms in total. The van der Waals surface area contributed by atoms with Crippen LogP contribution >= 0.6 is 0 Å². The molecule has 2 amide bonds. The van der Waals surface area contributed by atoms with Crippen molar-refractivity contribution in [2.75, 3.05) is 25.6 Å². The summed E-state index contributed by atoms with van der Waals surface area (Å²) in [5, 5.41) is 12.5. The van der Waals surface area contributed by atoms with E-state index >= 15 is 0 Å². The number of anilines is 1. The van der Waals surface area contributed by atoms with Gasteiger partial charge in [-0.15, -0.1) is 0 Å². The van der Waals surface area contributed by atoms with Crippen molar-refractivity contribution in [3.05, 3.63) is 29.8 Å². The lowest BCUT2D eigenvalue weighted by molar-refractivity contribution is -0.120. The summed E-state index contributed by atoms with van der Waals surface area (Å²) >= 11 is 0. The summed E-state index contributed by atoms with van der Waals surface area (Å²) in [5.41, 5.74) is 0.834. The Hall–Kier alpha value is -2.61. The van der Waals surface area contributed by atoms with E-state index in [4.69, 9.17) is 4.74 Å². The Morgan fingerprint density at radius 1 is 1.27 bits per heavy atom. The Balaban J connectivity index is 2.02. The van der Waals surface area contributed by atoms with Crippen LogP contribution in [0.2, 0.25) is 0 Å². The molecule has 1 aliphatic rings. The molecule has 1 aromatic rings. The van der Waals surface area contributed by atoms with Crippen LogP contribution in [-0.4, -0.2) is 60.4 Å². The molecule has 2 rings (SSSR count). The van der Waals surface area contributed by atoms with Crippen molar-refractivity contribution in [1.82, 2.24) is 4.90 Å². The van der Waals surface area contributed by atoms with E-state index in [1.54, 1.807) is 12.1 Å². The number of esters is 1. The number of likely N-dealkylation sites (tertiary alicyclic amines) is 1. The second-order valence-corrected chi connectivity index (χ2v) is 6.59. The molecule has 0 aliphatic carbocycles. The number of amides is 2. The van der Waals surface area contributed by atoms with E-state index in [0.717, 1.165) is 0 Å². The minimum absolute atomic E-state index is 0.0519. The molecule has 142 valence electrons. The fourth-order valence-electron chi connectivity index (χ4n) is 2.62. The highest BCUT2D eigenvalue weighted by Crippen LogP contribution is 2.21. The van der Waals surface area contributed by atoms with Gasteiger partial charge in [-0.1, -0.05) is 13.8 Å². The van der Waals surface area contributed by atoms with Crippen LogP contribution in [0.5, 0.6) is 0 Å². The highest BCUT2D eigenvalue weighted by Gasteiger charge is 2.39. The zero-order valence-corrected chi connectivity index (χ0v) is 15.1. The fourth-order valence-corrected chi connectivity index (χ4v) is 2.62. The van der Waals surface area contributed by atoms with Gasteiger partial charge in [0, 0.05) is 12.1 Å². The minimum Gasteiger partial charge on any atom is -0.465 e. The van der Waals surface area contributed by atoms with Gasteiger partial charge in [-0.05, 0) is 30.2 Å². The molecule has 26 heavy (non-hydrogen) atoms. The number of carbonyl (C=O) groups excluding carboxylic acids is 3. The molecule has 2 atom stereocenters. The van der Waals surface area contributed by atoms with Gasteiger partial charge in [0.05, 0.1) is 31.9 Å². The van der Waals surface area contributed by atoms with Gasteiger partial charge in [0.2, 0.25) is 5.91 Å². The maximum Gasteiger partial charge on any atom is 0.410 e. The molecule has 2 unspecified atom stereocenters. The van der Waals surface area contributed by atoms with E-state index in [-0.39, 0.29) is 25.5 Å². The van der Waals surface area contributed by atoms with Crippen molar-refractivity contribution in [3.63, 3.8) is 0 Å². The lowest BCUT2D eigenvalue weighted by atomic mass is 10.1. The third kappa shape index (κ3) is 4.95. The summed E-state index contributed by atoms with van der Waals surface area (Å²) < 4.78 is 9.78. The summed E-state index contributed by atoms with van der Waals surface area (Å²) in [6, 6.07) is 5.37. The average Bonchev–Trinajstić information content (AvgIpc) is 3.01. The number of nitrogens with zero attached hydrogens (tertiary/aromatic N) is 1. The monoisotopic (exact) mass is 364 g/mol. The van der Waals surface area contributed by atoms with Gasteiger partial charge in [0.1, 0.15) is 6.04 Å². The number of carbonyl (C=O) groups is 3. The van der Waals surface area contributed by atoms with Crippen LogP contribution in [0.1, 0.15) is 30.6 Å². The topological polar surface area (TPSA) is 105 Å². The first kappa shape index (κ1) is 19.7. The first-order valence-electron chi connectivity index (χ1n) is 8.42. The van der Waals surface area contributed by atoms with Gasteiger partial charge >= 0.3 is 12.1 Å². The van der Waals surface area contributed by atoms with Crippen molar-refractivity contribution >= 4 is 23.7 Å². The molecular weight excluding hydrogens is 340 g/mol. The third-order valence-corrected chi connectivity index (χ3v) is 3.93. The Morgan fingerprint density at radius 2 is 1.92 bits per heavy atom. The molecule has 0 radical (unpaired) electrons. The van der Waals surface area contributed by atoms with E-state index in [2.05, 4.69) is 10.1 Å². The Kier molecular flexibility index (Phi) is 6.57. The zero-order chi connectivity index (χ0) is 19.3. The first-order chi connectivity index (χ1) is 12.3. The van der Waals surface area contributed by atoms with Gasteiger partial charge in [0.25, 0.3) is 0 Å². The molecule has 0 saturated carbocycles. The molecule has 1 aliphatic heterocycles. The SMILES string of the molecule is COC(=O)c1ccc(NC(=O)C2CC(O)CN2C(=O)OCC(C)C)cc1. The van der Waals surface area contributed by atoms with Crippen LogP contribution in [0, 0.1) is 5.92 Å². The molecule has 0 spiro atoms. The minimum atomic E-state index is -0.815. The molecule has 1 aromatic carbocycles. The van der Waals surface area contributed by atoms with E-state index in [1.807, 2.05) is 13.8 Å². The maximum absolute atomic E-state index is 12.5. The molecule has 0 bridgehead atoms. The van der Waals surface area contributed by atoms with Crippen LogP contribution in [0.15, 0.2) is 24.3 Å². The zero-order valence-electron chi connectivity index (χ0n) is 15.1. The molecule has 1 fully saturated rings. The Bertz CT molecular complexity index is 658. The quantitative estimate of drug-likeness (QED) is 0.770. The largest absolute Gasteiger partial charge is 0.465 e. The third-order valence-electron chi connectivity index (χ3n) is 3.93. The van der Waals surface area contributed by atoms with Crippen molar-refractivity contribution in [2.45, 2.75) is 32.4 Å². The molecule has 2 N–H and O–H groups in total. The molecular formula is C18H24N2O6. The Morgan fingerprint density at radius 3 is 2.50 bits per heavy atom. The van der Waals surface area contributed by atoms with Crippen molar-refractivity contribution < 1.29 is 29.0 Å². The van der Waals surface area contributed by atoms with Crippen LogP contribution in [0.3, 0.4) is 0 Å². The normalized spacial score (nSPS) is 19.3. The summed E-state index contributed by atoms with van der Waals surface area (Å²) in [5.74, 6) is -0.721. The number of methoxy groups -OCH3 is 1. The predicted molar refractivity (Wildman–Crippen MR) is 93.7 cm³/mol. The number of aliphatic hydroxyl groups is 1. The lowest BCUT2D eigenvalue weighted by Crippen LogP contribution is -2.43. The van der Waals surface area contributed by atoms with E-state index < -0.39 is 30.1 Å². The van der Waals surface area contributed by atoms with E-state index in [1.165, 1.54) is 24.1 Å². The van der Waals surface area contributed by atoms with E-state index in [9.17, 15) is 19.5 Å². The smallest absolute Gasteiger partial charge is 0.410 e. The van der Waals surface area contributed by atoms with Crippen LogP contribution in [0.4, 0.5) is 10.5 Å². The van der Waals surface area contributed by atoms with Gasteiger partial charge in [0.15, 0.2) is 0 Å². The van der Waals surface area contributed by atoms with Gasteiger partial charge in [-0.25, -0.2) is 9.59 Å². The van der Waals surface area contributed by atoms with Crippen LogP contribution < -0.4 is 5.32 Å². The number of ether oxygens (including phenoxy) is 2. The van der Waals surface area contributed by atoms with Gasteiger partial charge < -0.3 is 19.9 Å². The summed E-state index contributed by atoms with van der Waals surface area (Å²) in [4.78, 5) is 37.4. The highest BCUT2D eigenvalue weighted by atomic mass is 16.6. The molecule has 1 heterocycles. The van der Waals surface area contributed by atoms with Crippen LogP contribution in [-0.2, 0) is 14.3 Å². The lowest BCUT2D eigenvalue weighted by Gasteiger charge is -2.23. The number of benzene rings is 1. The van der Waals surface area contributed by atoms with E-state index in [0.29, 0.717) is 11.3 Å². The number of aliphatic hydroxyl groups excluding tert-OH is 1. The number of hydrogen-bond donors (Lipinski definition) is 2. The number of rotatable bonds is 5. The summed E-state index contributed by atoms with van der Waals surface area (Å²) in [6.07, 6.45) is -1.25. The first-order valence-corrected chi connectivity index (χ1v) is 8.42. The standard InChI is InChI=1S/C18H24N2O6/c1-11(2)10-26-18(24)20-9-14(21)8-15(20)16(22)19-13-6-4-12(5-7-13)17(23)25-3/h4-7,11,14-15,21H,8-10H2,1-3H3,(H,19,22).